The Hall–Kier alpha value is -1.32. The fourth-order valence-electron chi connectivity index (χ4n) is 0.755. The first-order chi connectivity index (χ1) is 6.13. The molecule has 0 atom stereocenters. The van der Waals surface area contributed by atoms with E-state index in [9.17, 15) is 9.59 Å². The fraction of sp³-hybridized carbons (Fsp3) is 0.556. The number of aliphatic carboxylic acids is 1. The average molecular weight is 186 g/mol. The lowest BCUT2D eigenvalue weighted by Gasteiger charge is -2.01. The summed E-state index contributed by atoms with van der Waals surface area (Å²) in [7, 11) is 0. The van der Waals surface area contributed by atoms with Gasteiger partial charge in [-0.05, 0) is 13.3 Å². The molecule has 1 N–H and O–H groups in total. The van der Waals surface area contributed by atoms with Gasteiger partial charge in [0.25, 0.3) is 0 Å². The third-order valence-corrected chi connectivity index (χ3v) is 1.36. The van der Waals surface area contributed by atoms with Crippen LogP contribution < -0.4 is 0 Å². The molecule has 0 aliphatic rings. The van der Waals surface area contributed by atoms with Gasteiger partial charge in [-0.2, -0.15) is 0 Å². The quantitative estimate of drug-likeness (QED) is 0.305. The van der Waals surface area contributed by atoms with Crippen LogP contribution in [0.2, 0.25) is 0 Å². The number of carboxylic acid groups (broad SMARTS) is 1. The summed E-state index contributed by atoms with van der Waals surface area (Å²) in [6, 6.07) is 0. The zero-order chi connectivity index (χ0) is 10.3. The lowest BCUT2D eigenvalue weighted by Crippen LogP contribution is -2.15. The molecule has 0 unspecified atom stereocenters. The highest BCUT2D eigenvalue weighted by atomic mass is 16.5. The van der Waals surface area contributed by atoms with Crippen molar-refractivity contribution < 1.29 is 19.4 Å². The number of carbonyl (C=O) groups is 2. The molecule has 0 aliphatic carbocycles. The van der Waals surface area contributed by atoms with Crippen LogP contribution in [0.3, 0.4) is 0 Å². The van der Waals surface area contributed by atoms with E-state index in [4.69, 9.17) is 5.11 Å². The molecular formula is C9H14O4. The zero-order valence-corrected chi connectivity index (χ0v) is 7.87. The van der Waals surface area contributed by atoms with Crippen LogP contribution in [0.25, 0.3) is 0 Å². The Morgan fingerprint density at radius 1 is 1.38 bits per heavy atom. The molecule has 0 heterocycles. The predicted octanol–water partition coefficient (Wildman–Crippen LogP) is 1.36. The van der Waals surface area contributed by atoms with Crippen LogP contribution in [0.5, 0.6) is 0 Å². The van der Waals surface area contributed by atoms with E-state index in [1.807, 2.05) is 6.92 Å². The van der Waals surface area contributed by atoms with Crippen molar-refractivity contribution in [3.05, 3.63) is 11.6 Å². The second-order valence-electron chi connectivity index (χ2n) is 2.43. The highest BCUT2D eigenvalue weighted by Gasteiger charge is 2.17. The summed E-state index contributed by atoms with van der Waals surface area (Å²) in [6.45, 7) is 3.73. The van der Waals surface area contributed by atoms with Crippen LogP contribution in [0.1, 0.15) is 26.7 Å². The Kier molecular flexibility index (Phi) is 5.59. The van der Waals surface area contributed by atoms with Gasteiger partial charge in [0.1, 0.15) is 5.57 Å². The maximum Gasteiger partial charge on any atom is 0.345 e. The van der Waals surface area contributed by atoms with Gasteiger partial charge in [0.05, 0.1) is 6.61 Å². The first-order valence-electron chi connectivity index (χ1n) is 4.24. The standard InChI is InChI=1S/C9H14O4/c1-3-5-6-7(8(10)11)9(12)13-4-2/h6H,3-5H2,1-2H3,(H,10,11). The summed E-state index contributed by atoms with van der Waals surface area (Å²) in [6.07, 6.45) is 2.76. The molecule has 0 bridgehead atoms. The highest BCUT2D eigenvalue weighted by Crippen LogP contribution is 2.02. The number of allylic oxidation sites excluding steroid dienone is 1. The van der Waals surface area contributed by atoms with Gasteiger partial charge < -0.3 is 9.84 Å². The summed E-state index contributed by atoms with van der Waals surface area (Å²) in [5, 5.41) is 8.63. The number of ether oxygens (including phenoxy) is 1. The van der Waals surface area contributed by atoms with Crippen LogP contribution in [0.15, 0.2) is 11.6 Å². The fourth-order valence-corrected chi connectivity index (χ4v) is 0.755. The Morgan fingerprint density at radius 3 is 2.38 bits per heavy atom. The van der Waals surface area contributed by atoms with Crippen LogP contribution in [0, 0.1) is 0 Å². The normalized spacial score (nSPS) is 11.1. The minimum Gasteiger partial charge on any atom is -0.477 e. The number of hydrogen-bond donors (Lipinski definition) is 1. The van der Waals surface area contributed by atoms with Gasteiger partial charge in [0.15, 0.2) is 0 Å². The van der Waals surface area contributed by atoms with Crippen molar-refractivity contribution in [1.82, 2.24) is 0 Å². The maximum atomic E-state index is 11.0. The molecule has 4 nitrogen and oxygen atoms in total. The summed E-state index contributed by atoms with van der Waals surface area (Å²) in [5.74, 6) is -1.99. The van der Waals surface area contributed by atoms with Gasteiger partial charge in [-0.1, -0.05) is 19.4 Å². The second kappa shape index (κ2) is 6.22. The summed E-state index contributed by atoms with van der Waals surface area (Å²) in [4.78, 5) is 21.6. The van der Waals surface area contributed by atoms with Gasteiger partial charge in [0, 0.05) is 0 Å². The molecule has 74 valence electrons. The van der Waals surface area contributed by atoms with Crippen LogP contribution in [0.4, 0.5) is 0 Å². The Bertz CT molecular complexity index is 218. The summed E-state index contributed by atoms with van der Waals surface area (Å²) < 4.78 is 4.57. The van der Waals surface area contributed by atoms with E-state index in [1.54, 1.807) is 6.92 Å². The minimum atomic E-state index is -1.23. The highest BCUT2D eigenvalue weighted by molar-refractivity contribution is 6.13. The first kappa shape index (κ1) is 11.7. The molecule has 0 radical (unpaired) electrons. The number of hydrogen-bond acceptors (Lipinski definition) is 3. The topological polar surface area (TPSA) is 63.6 Å². The molecule has 0 saturated carbocycles. The minimum absolute atomic E-state index is 0.190. The Labute approximate surface area is 77.2 Å². The smallest absolute Gasteiger partial charge is 0.345 e. The molecule has 0 aromatic heterocycles. The van der Waals surface area contributed by atoms with E-state index in [0.29, 0.717) is 6.42 Å². The SMILES string of the molecule is CCCC=C(C(=O)O)C(=O)OCC. The van der Waals surface area contributed by atoms with Crippen LogP contribution in [-0.2, 0) is 14.3 Å². The lowest BCUT2D eigenvalue weighted by molar-refractivity contribution is -0.143. The average Bonchev–Trinajstić information content (AvgIpc) is 2.05. The number of carbonyl (C=O) groups excluding carboxylic acids is 1. The molecule has 13 heavy (non-hydrogen) atoms. The monoisotopic (exact) mass is 186 g/mol. The largest absolute Gasteiger partial charge is 0.477 e. The third-order valence-electron chi connectivity index (χ3n) is 1.36. The Morgan fingerprint density at radius 2 is 2.00 bits per heavy atom. The van der Waals surface area contributed by atoms with Gasteiger partial charge >= 0.3 is 11.9 Å². The van der Waals surface area contributed by atoms with Crippen molar-refractivity contribution in [1.29, 1.82) is 0 Å². The molecule has 0 saturated heterocycles. The van der Waals surface area contributed by atoms with Crippen molar-refractivity contribution in [3.8, 4) is 0 Å². The van der Waals surface area contributed by atoms with E-state index < -0.39 is 11.9 Å². The molecule has 0 fully saturated rings. The summed E-state index contributed by atoms with van der Waals surface area (Å²) in [5.41, 5.74) is -0.274. The second-order valence-corrected chi connectivity index (χ2v) is 2.43. The maximum absolute atomic E-state index is 11.0. The molecular weight excluding hydrogens is 172 g/mol. The molecule has 0 aliphatic heterocycles. The van der Waals surface area contributed by atoms with Crippen LogP contribution >= 0.6 is 0 Å². The Balaban J connectivity index is 4.41. The van der Waals surface area contributed by atoms with Gasteiger partial charge in [0.2, 0.25) is 0 Å². The van der Waals surface area contributed by atoms with Crippen molar-refractivity contribution >= 4 is 11.9 Å². The van der Waals surface area contributed by atoms with Crippen LogP contribution in [-0.4, -0.2) is 23.7 Å². The lowest BCUT2D eigenvalue weighted by atomic mass is 10.2. The predicted molar refractivity (Wildman–Crippen MR) is 47.3 cm³/mol. The van der Waals surface area contributed by atoms with Crippen molar-refractivity contribution in [2.45, 2.75) is 26.7 Å². The number of rotatable bonds is 5. The first-order valence-corrected chi connectivity index (χ1v) is 4.24. The van der Waals surface area contributed by atoms with E-state index in [0.717, 1.165) is 6.42 Å². The van der Waals surface area contributed by atoms with Crippen molar-refractivity contribution in [2.75, 3.05) is 6.61 Å². The molecule has 0 aromatic carbocycles. The molecule has 0 aromatic rings. The molecule has 0 amide bonds. The van der Waals surface area contributed by atoms with Gasteiger partial charge in [-0.25, -0.2) is 9.59 Å². The summed E-state index contributed by atoms with van der Waals surface area (Å²) >= 11 is 0. The van der Waals surface area contributed by atoms with Gasteiger partial charge in [-0.15, -0.1) is 0 Å². The molecule has 4 heteroatoms. The van der Waals surface area contributed by atoms with Crippen molar-refractivity contribution in [2.24, 2.45) is 0 Å². The van der Waals surface area contributed by atoms with E-state index in [-0.39, 0.29) is 12.2 Å². The number of carboxylic acids is 1. The van der Waals surface area contributed by atoms with Gasteiger partial charge in [-0.3, -0.25) is 0 Å². The van der Waals surface area contributed by atoms with E-state index >= 15 is 0 Å². The van der Waals surface area contributed by atoms with E-state index in [2.05, 4.69) is 4.74 Å². The van der Waals surface area contributed by atoms with Crippen molar-refractivity contribution in [3.63, 3.8) is 0 Å². The third kappa shape index (κ3) is 4.30. The molecule has 0 spiro atoms. The van der Waals surface area contributed by atoms with E-state index in [1.165, 1.54) is 6.08 Å². The number of unbranched alkanes of at least 4 members (excludes halogenated alkanes) is 1. The number of esters is 1. The molecule has 0 rings (SSSR count). The zero-order valence-electron chi connectivity index (χ0n) is 7.87.